The van der Waals surface area contributed by atoms with E-state index in [0.29, 0.717) is 12.1 Å². The smallest absolute Gasteiger partial charge is 0.416 e. The Bertz CT molecular complexity index is 900. The van der Waals surface area contributed by atoms with E-state index in [1.807, 2.05) is 31.2 Å². The molecule has 1 saturated heterocycles. The highest BCUT2D eigenvalue weighted by molar-refractivity contribution is 5.95. The van der Waals surface area contributed by atoms with Crippen LogP contribution in [0.25, 0.3) is 0 Å². The van der Waals surface area contributed by atoms with E-state index in [1.165, 1.54) is 16.9 Å². The van der Waals surface area contributed by atoms with E-state index < -0.39 is 47.0 Å². The van der Waals surface area contributed by atoms with Crippen LogP contribution in [-0.4, -0.2) is 53.6 Å². The summed E-state index contributed by atoms with van der Waals surface area (Å²) in [6, 6.07) is 6.55. The summed E-state index contributed by atoms with van der Waals surface area (Å²) in [6.45, 7) is 12.5. The lowest BCUT2D eigenvalue weighted by atomic mass is 9.80. The van der Waals surface area contributed by atoms with Gasteiger partial charge in [0.2, 0.25) is 0 Å². The number of nitrogens with zero attached hydrogens (tertiary/aromatic N) is 2. The van der Waals surface area contributed by atoms with E-state index in [0.717, 1.165) is 5.56 Å². The molecule has 0 bridgehead atoms. The zero-order chi connectivity index (χ0) is 23.4. The Morgan fingerprint density at radius 1 is 0.968 bits per heavy atom. The van der Waals surface area contributed by atoms with Gasteiger partial charge in [0.1, 0.15) is 23.4 Å². The number of para-hydroxylation sites is 1. The maximum atomic E-state index is 13.3. The third kappa shape index (κ3) is 4.07. The lowest BCUT2D eigenvalue weighted by Crippen LogP contribution is -2.57. The van der Waals surface area contributed by atoms with Gasteiger partial charge in [-0.15, -0.1) is 0 Å². The Morgan fingerprint density at radius 3 is 2.06 bits per heavy atom. The molecule has 1 aromatic rings. The predicted octanol–water partition coefficient (Wildman–Crippen LogP) is 4.21. The first-order valence-electron chi connectivity index (χ1n) is 10.4. The van der Waals surface area contributed by atoms with Crippen molar-refractivity contribution in [2.45, 2.75) is 83.7 Å². The lowest BCUT2D eigenvalue weighted by molar-refractivity contribution is -0.146. The maximum Gasteiger partial charge on any atom is 0.416 e. The second-order valence-corrected chi connectivity index (χ2v) is 10.3. The number of amides is 2. The van der Waals surface area contributed by atoms with Crippen molar-refractivity contribution in [3.05, 3.63) is 29.8 Å². The monoisotopic (exact) mass is 432 g/mol. The largest absolute Gasteiger partial charge is 0.467 e. The Kier molecular flexibility index (Phi) is 5.49. The molecule has 0 aliphatic carbocycles. The van der Waals surface area contributed by atoms with Crippen LogP contribution in [0.3, 0.4) is 0 Å². The summed E-state index contributed by atoms with van der Waals surface area (Å²) in [5.41, 5.74) is -0.698. The highest BCUT2D eigenvalue weighted by atomic mass is 16.6. The van der Waals surface area contributed by atoms with Crippen LogP contribution in [0.1, 0.15) is 60.5 Å². The molecule has 8 nitrogen and oxygen atoms in total. The molecule has 2 amide bonds. The fourth-order valence-corrected chi connectivity index (χ4v) is 4.42. The molecule has 2 heterocycles. The normalized spacial score (nSPS) is 25.0. The summed E-state index contributed by atoms with van der Waals surface area (Å²) in [5, 5.41) is 0. The molecule has 8 heteroatoms. The average Bonchev–Trinajstić information content (AvgIpc) is 3.05. The van der Waals surface area contributed by atoms with Gasteiger partial charge in [0.05, 0.1) is 12.8 Å². The molecule has 0 spiro atoms. The number of fused-ring (bicyclic) bond motifs is 3. The van der Waals surface area contributed by atoms with Gasteiger partial charge in [-0.05, 0) is 59.6 Å². The Balaban J connectivity index is 2.15. The number of benzene rings is 1. The number of carbonyl (C=O) groups is 3. The minimum Gasteiger partial charge on any atom is -0.467 e. The number of ether oxygens (including phenoxy) is 3. The molecule has 31 heavy (non-hydrogen) atoms. The molecule has 2 aliphatic heterocycles. The van der Waals surface area contributed by atoms with Gasteiger partial charge in [-0.1, -0.05) is 25.1 Å². The number of carbonyl (C=O) groups excluding carboxylic acids is 3. The second kappa shape index (κ2) is 7.43. The van der Waals surface area contributed by atoms with Crippen molar-refractivity contribution in [1.82, 2.24) is 4.90 Å². The third-order valence-electron chi connectivity index (χ3n) is 5.48. The fourth-order valence-electron chi connectivity index (χ4n) is 4.42. The summed E-state index contributed by atoms with van der Waals surface area (Å²) in [7, 11) is 1.28. The summed E-state index contributed by atoms with van der Waals surface area (Å²) in [5.74, 6) is -0.553. The number of hydrogen-bond acceptors (Lipinski definition) is 6. The molecule has 1 aromatic carbocycles. The summed E-state index contributed by atoms with van der Waals surface area (Å²) in [4.78, 5) is 42.1. The topological polar surface area (TPSA) is 85.4 Å². The van der Waals surface area contributed by atoms with Crippen molar-refractivity contribution >= 4 is 23.8 Å². The van der Waals surface area contributed by atoms with Gasteiger partial charge in [-0.3, -0.25) is 9.80 Å². The SMILES string of the molecule is COC(=O)[C@H]1C[C@@]2(C)c3ccccc3N(C(=O)OC(C)(C)C)[C@H]2N1C(=O)OC(C)(C)C. The van der Waals surface area contributed by atoms with Crippen LogP contribution in [0.2, 0.25) is 0 Å². The molecule has 0 aromatic heterocycles. The number of hydrogen-bond donors (Lipinski definition) is 0. The lowest BCUT2D eigenvalue weighted by Gasteiger charge is -2.37. The standard InChI is InChI=1S/C23H32N2O6/c1-21(2,3)30-19(27)24-15-12-10-9-11-14(15)23(7)13-16(17(26)29-8)25(18(23)24)20(28)31-22(4,5)6/h9-12,16,18H,13H2,1-8H3/t16-,18+,23+/m1/s1. The minimum absolute atomic E-state index is 0.292. The third-order valence-corrected chi connectivity index (χ3v) is 5.48. The predicted molar refractivity (Wildman–Crippen MR) is 115 cm³/mol. The molecule has 170 valence electrons. The van der Waals surface area contributed by atoms with E-state index >= 15 is 0 Å². The van der Waals surface area contributed by atoms with Gasteiger partial charge in [0, 0.05) is 5.41 Å². The molecule has 0 radical (unpaired) electrons. The Labute approximate surface area is 183 Å². The van der Waals surface area contributed by atoms with Crippen LogP contribution in [0.15, 0.2) is 24.3 Å². The van der Waals surface area contributed by atoms with E-state index in [2.05, 4.69) is 0 Å². The van der Waals surface area contributed by atoms with Crippen LogP contribution in [0.5, 0.6) is 0 Å². The number of esters is 1. The first-order chi connectivity index (χ1) is 14.2. The van der Waals surface area contributed by atoms with Gasteiger partial charge in [-0.2, -0.15) is 0 Å². The minimum atomic E-state index is -0.895. The fraction of sp³-hybridized carbons (Fsp3) is 0.609. The molecule has 2 aliphatic rings. The zero-order valence-electron chi connectivity index (χ0n) is 19.5. The molecule has 1 fully saturated rings. The van der Waals surface area contributed by atoms with Crippen LogP contribution < -0.4 is 4.90 Å². The van der Waals surface area contributed by atoms with E-state index in [4.69, 9.17) is 14.2 Å². The molecule has 3 rings (SSSR count). The molecular weight excluding hydrogens is 400 g/mol. The first kappa shape index (κ1) is 22.9. The van der Waals surface area contributed by atoms with Gasteiger partial charge in [0.25, 0.3) is 0 Å². The maximum absolute atomic E-state index is 13.3. The number of rotatable bonds is 1. The summed E-state index contributed by atoms with van der Waals surface area (Å²) in [6.07, 6.45) is -1.77. The van der Waals surface area contributed by atoms with Crippen molar-refractivity contribution < 1.29 is 28.6 Å². The molecular formula is C23H32N2O6. The van der Waals surface area contributed by atoms with E-state index in [9.17, 15) is 14.4 Å². The summed E-state index contributed by atoms with van der Waals surface area (Å²) >= 11 is 0. The Morgan fingerprint density at radius 2 is 1.52 bits per heavy atom. The van der Waals surface area contributed by atoms with Crippen LogP contribution in [-0.2, 0) is 24.4 Å². The number of methoxy groups -OCH3 is 1. The van der Waals surface area contributed by atoms with E-state index in [1.54, 1.807) is 41.5 Å². The van der Waals surface area contributed by atoms with Crippen molar-refractivity contribution in [2.75, 3.05) is 12.0 Å². The van der Waals surface area contributed by atoms with Crippen molar-refractivity contribution in [1.29, 1.82) is 0 Å². The molecule has 3 atom stereocenters. The molecule has 0 saturated carbocycles. The van der Waals surface area contributed by atoms with Gasteiger partial charge < -0.3 is 14.2 Å². The average molecular weight is 433 g/mol. The second-order valence-electron chi connectivity index (χ2n) is 10.3. The van der Waals surface area contributed by atoms with Crippen molar-refractivity contribution in [3.63, 3.8) is 0 Å². The highest BCUT2D eigenvalue weighted by Crippen LogP contribution is 2.54. The zero-order valence-corrected chi connectivity index (χ0v) is 19.5. The summed E-state index contributed by atoms with van der Waals surface area (Å²) < 4.78 is 16.3. The van der Waals surface area contributed by atoms with Gasteiger partial charge >= 0.3 is 18.2 Å². The van der Waals surface area contributed by atoms with Crippen molar-refractivity contribution in [3.8, 4) is 0 Å². The molecule has 0 unspecified atom stereocenters. The Hall–Kier alpha value is -2.77. The van der Waals surface area contributed by atoms with Gasteiger partial charge in [-0.25, -0.2) is 14.4 Å². The van der Waals surface area contributed by atoms with Crippen LogP contribution in [0, 0.1) is 0 Å². The van der Waals surface area contributed by atoms with Crippen molar-refractivity contribution in [2.24, 2.45) is 0 Å². The van der Waals surface area contributed by atoms with E-state index in [-0.39, 0.29) is 0 Å². The quantitative estimate of drug-likeness (QED) is 0.488. The van der Waals surface area contributed by atoms with Crippen LogP contribution >= 0.6 is 0 Å². The number of anilines is 1. The number of likely N-dealkylation sites (tertiary alicyclic amines) is 1. The van der Waals surface area contributed by atoms with Gasteiger partial charge in [0.15, 0.2) is 0 Å². The van der Waals surface area contributed by atoms with Crippen LogP contribution in [0.4, 0.5) is 15.3 Å². The first-order valence-corrected chi connectivity index (χ1v) is 10.4. The highest BCUT2D eigenvalue weighted by Gasteiger charge is 2.64. The molecule has 0 N–H and O–H groups in total.